The third-order valence-corrected chi connectivity index (χ3v) is 3.75. The molecule has 0 bridgehead atoms. The fraction of sp³-hybridized carbons (Fsp3) is 0.533. The largest absolute Gasteiger partial charge is 0.348 e. The molecule has 3 nitrogen and oxygen atoms in total. The number of aryl methyl sites for hydroxylation is 1. The van der Waals surface area contributed by atoms with Gasteiger partial charge in [-0.25, -0.2) is 0 Å². The van der Waals surface area contributed by atoms with Gasteiger partial charge in [-0.05, 0) is 38.3 Å². The van der Waals surface area contributed by atoms with Crippen LogP contribution < -0.4 is 10.6 Å². The lowest BCUT2D eigenvalue weighted by Gasteiger charge is -2.20. The maximum absolute atomic E-state index is 12.1. The zero-order valence-corrected chi connectivity index (χ0v) is 11.4. The van der Waals surface area contributed by atoms with Gasteiger partial charge in [0.25, 0.3) is 0 Å². The Morgan fingerprint density at radius 3 is 2.61 bits per heavy atom. The summed E-state index contributed by atoms with van der Waals surface area (Å²) in [6.45, 7) is 7.16. The van der Waals surface area contributed by atoms with E-state index in [0.717, 1.165) is 18.5 Å². The Morgan fingerprint density at radius 1 is 1.39 bits per heavy atom. The Kier molecular flexibility index (Phi) is 4.02. The second-order valence-electron chi connectivity index (χ2n) is 5.34. The Labute approximate surface area is 109 Å². The summed E-state index contributed by atoms with van der Waals surface area (Å²) >= 11 is 0. The summed E-state index contributed by atoms with van der Waals surface area (Å²) < 4.78 is 0. The smallest absolute Gasteiger partial charge is 0.237 e. The predicted octanol–water partition coefficient (Wildman–Crippen LogP) is 2.17. The molecule has 1 aromatic rings. The second-order valence-corrected chi connectivity index (χ2v) is 5.34. The average Bonchev–Trinajstić information content (AvgIpc) is 2.76. The molecule has 1 fully saturated rings. The van der Waals surface area contributed by atoms with Crippen LogP contribution in [0.25, 0.3) is 0 Å². The minimum absolute atomic E-state index is 0.0297. The van der Waals surface area contributed by atoms with Gasteiger partial charge in [0.2, 0.25) is 5.91 Å². The van der Waals surface area contributed by atoms with Crippen LogP contribution in [0.1, 0.15) is 37.4 Å². The van der Waals surface area contributed by atoms with Gasteiger partial charge in [-0.2, -0.15) is 0 Å². The second kappa shape index (κ2) is 5.53. The Bertz CT molecular complexity index is 413. The quantitative estimate of drug-likeness (QED) is 0.858. The molecule has 3 heteroatoms. The van der Waals surface area contributed by atoms with E-state index >= 15 is 0 Å². The van der Waals surface area contributed by atoms with E-state index in [2.05, 4.69) is 48.7 Å². The fourth-order valence-electron chi connectivity index (χ4n) is 2.43. The summed E-state index contributed by atoms with van der Waals surface area (Å²) in [5.74, 6) is 0.545. The molecular formula is C15H22N2O. The molecule has 2 unspecified atom stereocenters. The van der Waals surface area contributed by atoms with Crippen LogP contribution in [-0.2, 0) is 4.79 Å². The Balaban J connectivity index is 1.96. The lowest BCUT2D eigenvalue weighted by Crippen LogP contribution is -2.44. The first-order valence-electron chi connectivity index (χ1n) is 6.68. The van der Waals surface area contributed by atoms with Gasteiger partial charge >= 0.3 is 0 Å². The van der Waals surface area contributed by atoms with E-state index < -0.39 is 0 Å². The van der Waals surface area contributed by atoms with Gasteiger partial charge in [-0.3, -0.25) is 4.79 Å². The van der Waals surface area contributed by atoms with Crippen molar-refractivity contribution in [2.45, 2.75) is 39.3 Å². The molecule has 0 spiro atoms. The Hall–Kier alpha value is -1.35. The van der Waals surface area contributed by atoms with Crippen LogP contribution in [0.5, 0.6) is 0 Å². The van der Waals surface area contributed by atoms with Gasteiger partial charge in [-0.1, -0.05) is 36.8 Å². The molecule has 3 atom stereocenters. The van der Waals surface area contributed by atoms with Crippen LogP contribution in [0.15, 0.2) is 24.3 Å². The zero-order valence-electron chi connectivity index (χ0n) is 11.4. The van der Waals surface area contributed by atoms with Crippen LogP contribution in [0.3, 0.4) is 0 Å². The molecule has 1 amide bonds. The van der Waals surface area contributed by atoms with Crippen molar-refractivity contribution in [3.8, 4) is 0 Å². The van der Waals surface area contributed by atoms with Gasteiger partial charge in [0, 0.05) is 0 Å². The molecule has 2 rings (SSSR count). The molecule has 18 heavy (non-hydrogen) atoms. The molecule has 0 aromatic heterocycles. The van der Waals surface area contributed by atoms with Crippen molar-refractivity contribution in [2.75, 3.05) is 6.54 Å². The van der Waals surface area contributed by atoms with Crippen LogP contribution in [-0.4, -0.2) is 18.5 Å². The van der Waals surface area contributed by atoms with Gasteiger partial charge in [0.1, 0.15) is 0 Å². The average molecular weight is 246 g/mol. The van der Waals surface area contributed by atoms with E-state index in [9.17, 15) is 4.79 Å². The number of rotatable bonds is 3. The predicted molar refractivity (Wildman–Crippen MR) is 73.3 cm³/mol. The van der Waals surface area contributed by atoms with Crippen LogP contribution >= 0.6 is 0 Å². The molecule has 2 N–H and O–H groups in total. The van der Waals surface area contributed by atoms with Crippen molar-refractivity contribution < 1.29 is 4.79 Å². The topological polar surface area (TPSA) is 41.1 Å². The fourth-order valence-corrected chi connectivity index (χ4v) is 2.43. The summed E-state index contributed by atoms with van der Waals surface area (Å²) in [6.07, 6.45) is 1.08. The third kappa shape index (κ3) is 2.91. The van der Waals surface area contributed by atoms with Crippen molar-refractivity contribution in [3.05, 3.63) is 35.4 Å². The lowest BCUT2D eigenvalue weighted by atomic mass is 10.0. The minimum atomic E-state index is -0.0297. The zero-order chi connectivity index (χ0) is 13.1. The first kappa shape index (κ1) is 13.1. The highest BCUT2D eigenvalue weighted by molar-refractivity contribution is 5.82. The maximum atomic E-state index is 12.1. The van der Waals surface area contributed by atoms with E-state index in [1.165, 1.54) is 5.56 Å². The molecule has 1 aromatic carbocycles. The van der Waals surface area contributed by atoms with E-state index in [1.807, 2.05) is 6.92 Å². The van der Waals surface area contributed by atoms with Crippen molar-refractivity contribution in [1.82, 2.24) is 10.6 Å². The number of benzene rings is 1. The first-order valence-corrected chi connectivity index (χ1v) is 6.68. The van der Waals surface area contributed by atoms with Gasteiger partial charge in [0.05, 0.1) is 12.1 Å². The molecule has 1 aliphatic heterocycles. The van der Waals surface area contributed by atoms with Crippen molar-refractivity contribution in [1.29, 1.82) is 0 Å². The van der Waals surface area contributed by atoms with E-state index in [1.54, 1.807) is 0 Å². The number of nitrogens with one attached hydrogen (secondary N) is 2. The minimum Gasteiger partial charge on any atom is -0.348 e. The molecule has 0 saturated carbocycles. The molecule has 1 aliphatic rings. The molecule has 0 radical (unpaired) electrons. The van der Waals surface area contributed by atoms with E-state index in [0.29, 0.717) is 5.92 Å². The molecule has 1 saturated heterocycles. The summed E-state index contributed by atoms with van der Waals surface area (Å²) in [4.78, 5) is 12.1. The summed E-state index contributed by atoms with van der Waals surface area (Å²) in [5.41, 5.74) is 2.39. The van der Waals surface area contributed by atoms with Crippen LogP contribution in [0, 0.1) is 12.8 Å². The summed E-state index contributed by atoms with van der Waals surface area (Å²) in [7, 11) is 0. The van der Waals surface area contributed by atoms with Crippen molar-refractivity contribution in [3.63, 3.8) is 0 Å². The monoisotopic (exact) mass is 246 g/mol. The summed E-state index contributed by atoms with van der Waals surface area (Å²) in [6, 6.07) is 8.34. The molecular weight excluding hydrogens is 224 g/mol. The van der Waals surface area contributed by atoms with E-state index in [4.69, 9.17) is 0 Å². The molecule has 0 aliphatic carbocycles. The third-order valence-electron chi connectivity index (χ3n) is 3.75. The molecule has 1 heterocycles. The number of carbonyl (C=O) groups excluding carboxylic acids is 1. The SMILES string of the molecule is Cc1ccc([C@@H](C)NC(=O)C2NCCC2C)cc1. The summed E-state index contributed by atoms with van der Waals surface area (Å²) in [5, 5.41) is 6.35. The van der Waals surface area contributed by atoms with Crippen molar-refractivity contribution in [2.24, 2.45) is 5.92 Å². The number of carbonyl (C=O) groups is 1. The highest BCUT2D eigenvalue weighted by atomic mass is 16.2. The first-order chi connectivity index (χ1) is 8.58. The standard InChI is InChI=1S/C15H22N2O/c1-10-4-6-13(7-5-10)12(3)17-15(18)14-11(2)8-9-16-14/h4-7,11-12,14,16H,8-9H2,1-3H3,(H,17,18)/t11?,12-,14?/m1/s1. The molecule has 98 valence electrons. The number of amides is 1. The highest BCUT2D eigenvalue weighted by Gasteiger charge is 2.29. The van der Waals surface area contributed by atoms with Crippen LogP contribution in [0.2, 0.25) is 0 Å². The Morgan fingerprint density at radius 2 is 2.06 bits per heavy atom. The number of hydrogen-bond acceptors (Lipinski definition) is 2. The van der Waals surface area contributed by atoms with Gasteiger partial charge in [0.15, 0.2) is 0 Å². The van der Waals surface area contributed by atoms with Gasteiger partial charge < -0.3 is 10.6 Å². The normalized spacial score (nSPS) is 24.8. The lowest BCUT2D eigenvalue weighted by molar-refractivity contribution is -0.124. The van der Waals surface area contributed by atoms with Crippen LogP contribution in [0.4, 0.5) is 0 Å². The van der Waals surface area contributed by atoms with Crippen molar-refractivity contribution >= 4 is 5.91 Å². The van der Waals surface area contributed by atoms with E-state index in [-0.39, 0.29) is 18.0 Å². The number of hydrogen-bond donors (Lipinski definition) is 2. The van der Waals surface area contributed by atoms with Gasteiger partial charge in [-0.15, -0.1) is 0 Å². The maximum Gasteiger partial charge on any atom is 0.237 e. The highest BCUT2D eigenvalue weighted by Crippen LogP contribution is 2.17.